The van der Waals surface area contributed by atoms with Crippen LogP contribution >= 0.6 is 0 Å². The van der Waals surface area contributed by atoms with Crippen molar-refractivity contribution in [2.75, 3.05) is 0 Å². The molecule has 0 saturated heterocycles. The summed E-state index contributed by atoms with van der Waals surface area (Å²) in [5, 5.41) is 24.5. The topological polar surface area (TPSA) is 87.2 Å². The number of hydrogen-bond acceptors (Lipinski definition) is 6. The SMILES string of the molecule is C1=CC(n2nnnc2CCc2nnnn2C2C=CCCC2)CCC1. The van der Waals surface area contributed by atoms with E-state index >= 15 is 0 Å². The minimum absolute atomic E-state index is 0.279. The zero-order valence-corrected chi connectivity index (χ0v) is 13.7. The molecule has 8 heteroatoms. The van der Waals surface area contributed by atoms with Gasteiger partial charge in [0, 0.05) is 12.8 Å². The maximum atomic E-state index is 4.21. The molecule has 2 unspecified atom stereocenters. The van der Waals surface area contributed by atoms with E-state index in [1.165, 1.54) is 12.8 Å². The second kappa shape index (κ2) is 7.02. The van der Waals surface area contributed by atoms with Crippen LogP contribution in [0.25, 0.3) is 0 Å². The number of allylic oxidation sites excluding steroid dienone is 4. The highest BCUT2D eigenvalue weighted by Crippen LogP contribution is 2.24. The van der Waals surface area contributed by atoms with Crippen LogP contribution in [-0.4, -0.2) is 40.4 Å². The summed E-state index contributed by atoms with van der Waals surface area (Å²) < 4.78 is 3.90. The molecule has 0 bridgehead atoms. The first-order valence-electron chi connectivity index (χ1n) is 8.78. The molecule has 0 radical (unpaired) electrons. The number of aromatic nitrogens is 8. The quantitative estimate of drug-likeness (QED) is 0.781. The summed E-state index contributed by atoms with van der Waals surface area (Å²) in [6.45, 7) is 0. The Kier molecular flexibility index (Phi) is 4.44. The van der Waals surface area contributed by atoms with Crippen LogP contribution in [-0.2, 0) is 12.8 Å². The average molecular weight is 326 g/mol. The summed E-state index contributed by atoms with van der Waals surface area (Å²) >= 11 is 0. The van der Waals surface area contributed by atoms with E-state index in [2.05, 4.69) is 55.4 Å². The zero-order chi connectivity index (χ0) is 16.2. The number of aryl methyl sites for hydroxylation is 2. The molecule has 24 heavy (non-hydrogen) atoms. The van der Waals surface area contributed by atoms with Crippen molar-refractivity contribution in [3.8, 4) is 0 Å². The molecule has 4 rings (SSSR count). The van der Waals surface area contributed by atoms with Gasteiger partial charge in [-0.05, 0) is 59.4 Å². The fraction of sp³-hybridized carbons (Fsp3) is 0.625. The Hall–Kier alpha value is -2.38. The molecule has 2 aromatic heterocycles. The van der Waals surface area contributed by atoms with Crippen LogP contribution in [0, 0.1) is 0 Å². The molecule has 8 nitrogen and oxygen atoms in total. The molecule has 0 N–H and O–H groups in total. The summed E-state index contributed by atoms with van der Waals surface area (Å²) in [5.41, 5.74) is 0. The fourth-order valence-corrected chi connectivity index (χ4v) is 3.49. The molecule has 2 aliphatic carbocycles. The van der Waals surface area contributed by atoms with Crippen molar-refractivity contribution in [2.45, 2.75) is 63.5 Å². The van der Waals surface area contributed by atoms with Gasteiger partial charge in [0.2, 0.25) is 0 Å². The molecule has 0 saturated carbocycles. The fourth-order valence-electron chi connectivity index (χ4n) is 3.49. The average Bonchev–Trinajstić information content (AvgIpc) is 3.30. The van der Waals surface area contributed by atoms with Crippen LogP contribution in [0.15, 0.2) is 24.3 Å². The van der Waals surface area contributed by atoms with Crippen LogP contribution in [0.4, 0.5) is 0 Å². The molecule has 0 amide bonds. The van der Waals surface area contributed by atoms with Crippen molar-refractivity contribution in [3.05, 3.63) is 36.0 Å². The lowest BCUT2D eigenvalue weighted by atomic mass is 10.0. The van der Waals surface area contributed by atoms with Gasteiger partial charge in [-0.1, -0.05) is 24.3 Å². The van der Waals surface area contributed by atoms with Crippen molar-refractivity contribution < 1.29 is 0 Å². The van der Waals surface area contributed by atoms with Crippen LogP contribution in [0.5, 0.6) is 0 Å². The maximum absolute atomic E-state index is 4.21. The predicted molar refractivity (Wildman–Crippen MR) is 87.1 cm³/mol. The molecule has 2 aromatic rings. The second-order valence-corrected chi connectivity index (χ2v) is 6.43. The van der Waals surface area contributed by atoms with E-state index in [0.29, 0.717) is 0 Å². The normalized spacial score (nSPS) is 23.7. The van der Waals surface area contributed by atoms with Gasteiger partial charge in [0.25, 0.3) is 0 Å². The molecule has 2 aliphatic rings. The zero-order valence-electron chi connectivity index (χ0n) is 13.7. The third-order valence-corrected chi connectivity index (χ3v) is 4.78. The van der Waals surface area contributed by atoms with E-state index in [9.17, 15) is 0 Å². The van der Waals surface area contributed by atoms with Gasteiger partial charge in [-0.3, -0.25) is 0 Å². The Morgan fingerprint density at radius 1 is 0.792 bits per heavy atom. The van der Waals surface area contributed by atoms with Crippen molar-refractivity contribution in [1.82, 2.24) is 40.4 Å². The summed E-state index contributed by atoms with van der Waals surface area (Å²) in [5.74, 6) is 1.81. The first kappa shape index (κ1) is 15.2. The Morgan fingerprint density at radius 3 is 1.71 bits per heavy atom. The minimum Gasteiger partial charge on any atom is -0.223 e. The highest BCUT2D eigenvalue weighted by molar-refractivity contribution is 5.02. The Morgan fingerprint density at radius 2 is 1.29 bits per heavy atom. The van der Waals surface area contributed by atoms with Gasteiger partial charge in [0.05, 0.1) is 12.1 Å². The molecule has 0 spiro atoms. The highest BCUT2D eigenvalue weighted by Gasteiger charge is 2.19. The van der Waals surface area contributed by atoms with Gasteiger partial charge >= 0.3 is 0 Å². The monoisotopic (exact) mass is 326 g/mol. The van der Waals surface area contributed by atoms with Crippen molar-refractivity contribution in [1.29, 1.82) is 0 Å². The van der Waals surface area contributed by atoms with Crippen molar-refractivity contribution >= 4 is 0 Å². The van der Waals surface area contributed by atoms with E-state index in [0.717, 1.165) is 50.2 Å². The van der Waals surface area contributed by atoms with Gasteiger partial charge < -0.3 is 0 Å². The lowest BCUT2D eigenvalue weighted by molar-refractivity contribution is 0.437. The van der Waals surface area contributed by atoms with E-state index in [4.69, 9.17) is 0 Å². The smallest absolute Gasteiger partial charge is 0.152 e. The van der Waals surface area contributed by atoms with Gasteiger partial charge in [-0.2, -0.15) is 0 Å². The number of nitrogens with zero attached hydrogens (tertiary/aromatic N) is 8. The summed E-state index contributed by atoms with van der Waals surface area (Å²) in [6.07, 6.45) is 17.2. The summed E-state index contributed by atoms with van der Waals surface area (Å²) in [4.78, 5) is 0. The molecule has 126 valence electrons. The first-order valence-corrected chi connectivity index (χ1v) is 8.78. The lowest BCUT2D eigenvalue weighted by Gasteiger charge is -2.18. The van der Waals surface area contributed by atoms with E-state index in [-0.39, 0.29) is 12.1 Å². The minimum atomic E-state index is 0.279. The standard InChI is InChI=1S/C16H22N8/c1-3-7-13(8-4-1)23-15(17-19-21-23)11-12-16-18-20-22-24(16)14-9-5-2-6-10-14/h3,5,7,9,13-14H,1-2,4,6,8,10-12H2. The largest absolute Gasteiger partial charge is 0.223 e. The number of hydrogen-bond donors (Lipinski definition) is 0. The van der Waals surface area contributed by atoms with Crippen molar-refractivity contribution in [2.24, 2.45) is 0 Å². The molecule has 0 aromatic carbocycles. The number of tetrazole rings is 2. The van der Waals surface area contributed by atoms with E-state index in [1.54, 1.807) is 0 Å². The van der Waals surface area contributed by atoms with Crippen LogP contribution in [0.1, 0.15) is 62.3 Å². The summed E-state index contributed by atoms with van der Waals surface area (Å²) in [6, 6.07) is 0.557. The van der Waals surface area contributed by atoms with Crippen LogP contribution in [0.2, 0.25) is 0 Å². The summed E-state index contributed by atoms with van der Waals surface area (Å²) in [7, 11) is 0. The molecular weight excluding hydrogens is 304 g/mol. The van der Waals surface area contributed by atoms with E-state index < -0.39 is 0 Å². The molecule has 2 heterocycles. The van der Waals surface area contributed by atoms with Gasteiger partial charge in [-0.25, -0.2) is 9.36 Å². The Balaban J connectivity index is 1.46. The van der Waals surface area contributed by atoms with Crippen LogP contribution in [0.3, 0.4) is 0 Å². The molecule has 0 aliphatic heterocycles. The molecular formula is C16H22N8. The lowest BCUT2D eigenvalue weighted by Crippen LogP contribution is -2.17. The Labute approximate surface area is 140 Å². The van der Waals surface area contributed by atoms with Gasteiger partial charge in [-0.15, -0.1) is 10.2 Å². The molecule has 2 atom stereocenters. The molecule has 0 fully saturated rings. The first-order chi connectivity index (χ1) is 11.9. The third-order valence-electron chi connectivity index (χ3n) is 4.78. The van der Waals surface area contributed by atoms with Gasteiger partial charge in [0.1, 0.15) is 0 Å². The third kappa shape index (κ3) is 3.13. The Bertz CT molecular complexity index is 666. The van der Waals surface area contributed by atoms with E-state index in [1.807, 2.05) is 9.36 Å². The van der Waals surface area contributed by atoms with Crippen LogP contribution < -0.4 is 0 Å². The number of rotatable bonds is 5. The van der Waals surface area contributed by atoms with Crippen molar-refractivity contribution in [3.63, 3.8) is 0 Å². The highest BCUT2D eigenvalue weighted by atomic mass is 15.6. The van der Waals surface area contributed by atoms with Gasteiger partial charge in [0.15, 0.2) is 11.6 Å². The maximum Gasteiger partial charge on any atom is 0.152 e. The second-order valence-electron chi connectivity index (χ2n) is 6.43. The predicted octanol–water partition coefficient (Wildman–Crippen LogP) is 2.01.